The zero-order chi connectivity index (χ0) is 13.8. The Balaban J connectivity index is 1.76. The number of nitrogens with zero attached hydrogens (tertiary/aromatic N) is 4. The quantitative estimate of drug-likeness (QED) is 0.924. The van der Waals surface area contributed by atoms with Gasteiger partial charge in [0.2, 0.25) is 5.78 Å². The van der Waals surface area contributed by atoms with Crippen molar-refractivity contribution in [2.75, 3.05) is 13.2 Å². The molecule has 20 heavy (non-hydrogen) atoms. The average molecular weight is 274 g/mol. The van der Waals surface area contributed by atoms with Gasteiger partial charge in [0.05, 0.1) is 5.69 Å². The lowest BCUT2D eigenvalue weighted by molar-refractivity contribution is 0.150. The molecule has 1 aliphatic rings. The van der Waals surface area contributed by atoms with E-state index >= 15 is 0 Å². The number of imidazole rings is 1. The van der Waals surface area contributed by atoms with Gasteiger partial charge in [0, 0.05) is 37.8 Å². The van der Waals surface area contributed by atoms with Crippen molar-refractivity contribution in [3.63, 3.8) is 0 Å². The number of aliphatic hydroxyl groups is 1. The summed E-state index contributed by atoms with van der Waals surface area (Å²) in [5, 5.41) is 9.25. The van der Waals surface area contributed by atoms with Gasteiger partial charge in [0.1, 0.15) is 0 Å². The standard InChI is InChI=1S/C15H22N4O/c20-10-6-14-5-2-1-3-8-18(14)11-13-12-19-9-4-7-16-15(19)17-13/h4,7,9,12,14,20H,1-3,5-6,8,10-11H2. The lowest BCUT2D eigenvalue weighted by Gasteiger charge is -2.28. The first kappa shape index (κ1) is 13.5. The molecule has 5 heteroatoms. The zero-order valence-corrected chi connectivity index (χ0v) is 11.8. The number of aromatic nitrogens is 3. The molecule has 1 aliphatic heterocycles. The molecule has 5 nitrogen and oxygen atoms in total. The lowest BCUT2D eigenvalue weighted by Crippen LogP contribution is -2.35. The maximum Gasteiger partial charge on any atom is 0.233 e. The molecule has 0 aliphatic carbocycles. The molecule has 1 atom stereocenters. The third-order valence-corrected chi connectivity index (χ3v) is 4.11. The molecule has 108 valence electrons. The molecule has 0 bridgehead atoms. The number of hydrogen-bond acceptors (Lipinski definition) is 4. The van der Waals surface area contributed by atoms with Crippen molar-refractivity contribution in [3.8, 4) is 0 Å². The molecule has 0 radical (unpaired) electrons. The molecule has 2 aromatic rings. The first-order valence-corrected chi connectivity index (χ1v) is 7.50. The van der Waals surface area contributed by atoms with E-state index in [0.29, 0.717) is 6.04 Å². The van der Waals surface area contributed by atoms with Crippen LogP contribution in [-0.4, -0.2) is 43.6 Å². The van der Waals surface area contributed by atoms with Gasteiger partial charge in [-0.25, -0.2) is 9.97 Å². The van der Waals surface area contributed by atoms with Gasteiger partial charge in [-0.05, 0) is 31.9 Å². The van der Waals surface area contributed by atoms with Crippen LogP contribution in [0.15, 0.2) is 24.7 Å². The molecule has 0 spiro atoms. The first-order valence-electron chi connectivity index (χ1n) is 7.50. The van der Waals surface area contributed by atoms with Crippen LogP contribution in [0.25, 0.3) is 5.78 Å². The van der Waals surface area contributed by atoms with E-state index in [1.54, 1.807) is 6.20 Å². The zero-order valence-electron chi connectivity index (χ0n) is 11.8. The highest BCUT2D eigenvalue weighted by molar-refractivity contribution is 5.29. The lowest BCUT2D eigenvalue weighted by atomic mass is 10.1. The van der Waals surface area contributed by atoms with E-state index in [1.807, 2.05) is 16.7 Å². The van der Waals surface area contributed by atoms with Crippen molar-refractivity contribution in [2.24, 2.45) is 0 Å². The van der Waals surface area contributed by atoms with E-state index in [4.69, 9.17) is 0 Å². The second-order valence-corrected chi connectivity index (χ2v) is 5.55. The van der Waals surface area contributed by atoms with Crippen LogP contribution in [0.5, 0.6) is 0 Å². The molecule has 2 aromatic heterocycles. The van der Waals surface area contributed by atoms with Gasteiger partial charge in [-0.15, -0.1) is 0 Å². The third kappa shape index (κ3) is 2.99. The third-order valence-electron chi connectivity index (χ3n) is 4.11. The van der Waals surface area contributed by atoms with Crippen molar-refractivity contribution >= 4 is 5.78 Å². The fraction of sp³-hybridized carbons (Fsp3) is 0.600. The van der Waals surface area contributed by atoms with E-state index in [2.05, 4.69) is 21.1 Å². The summed E-state index contributed by atoms with van der Waals surface area (Å²) in [6.45, 7) is 2.23. The Morgan fingerprint density at radius 1 is 1.30 bits per heavy atom. The molecule has 3 rings (SSSR count). The highest BCUT2D eigenvalue weighted by atomic mass is 16.3. The molecular weight excluding hydrogens is 252 g/mol. The van der Waals surface area contributed by atoms with Crippen LogP contribution < -0.4 is 0 Å². The molecule has 0 aromatic carbocycles. The van der Waals surface area contributed by atoms with Gasteiger partial charge >= 0.3 is 0 Å². The Bertz CT molecular complexity index is 521. The minimum atomic E-state index is 0.272. The summed E-state index contributed by atoms with van der Waals surface area (Å²) < 4.78 is 1.97. The van der Waals surface area contributed by atoms with Crippen molar-refractivity contribution in [1.29, 1.82) is 0 Å². The summed E-state index contributed by atoms with van der Waals surface area (Å²) in [6.07, 6.45) is 11.7. The molecule has 0 saturated carbocycles. The second kappa shape index (κ2) is 6.33. The highest BCUT2D eigenvalue weighted by Crippen LogP contribution is 2.21. The smallest absolute Gasteiger partial charge is 0.233 e. The minimum Gasteiger partial charge on any atom is -0.396 e. The molecule has 1 N–H and O–H groups in total. The number of fused-ring (bicyclic) bond motifs is 1. The SMILES string of the molecule is OCCC1CCCCCN1Cc1cn2cccnc2n1. The van der Waals surface area contributed by atoms with Crippen LogP contribution in [0.4, 0.5) is 0 Å². The topological polar surface area (TPSA) is 53.7 Å². The summed E-state index contributed by atoms with van der Waals surface area (Å²) >= 11 is 0. The number of hydrogen-bond donors (Lipinski definition) is 1. The van der Waals surface area contributed by atoms with E-state index in [9.17, 15) is 5.11 Å². The average Bonchev–Trinajstić information content (AvgIpc) is 2.74. The maximum atomic E-state index is 9.25. The van der Waals surface area contributed by atoms with Crippen molar-refractivity contribution in [1.82, 2.24) is 19.3 Å². The van der Waals surface area contributed by atoms with Crippen molar-refractivity contribution in [3.05, 3.63) is 30.4 Å². The molecule has 1 fully saturated rings. The molecule has 0 amide bonds. The summed E-state index contributed by atoms with van der Waals surface area (Å²) in [5.41, 5.74) is 1.06. The largest absolute Gasteiger partial charge is 0.396 e. The van der Waals surface area contributed by atoms with Crippen molar-refractivity contribution < 1.29 is 5.11 Å². The summed E-state index contributed by atoms with van der Waals surface area (Å²) in [6, 6.07) is 2.40. The van der Waals surface area contributed by atoms with Crippen LogP contribution in [0.1, 0.15) is 37.8 Å². The van der Waals surface area contributed by atoms with Crippen LogP contribution in [0.3, 0.4) is 0 Å². The minimum absolute atomic E-state index is 0.272. The Morgan fingerprint density at radius 3 is 3.10 bits per heavy atom. The normalized spacial score (nSPS) is 21.1. The van der Waals surface area contributed by atoms with E-state index in [0.717, 1.165) is 31.0 Å². The Hall–Kier alpha value is -1.46. The molecule has 3 heterocycles. The van der Waals surface area contributed by atoms with Crippen LogP contribution in [0, 0.1) is 0 Å². The number of aliphatic hydroxyl groups excluding tert-OH is 1. The second-order valence-electron chi connectivity index (χ2n) is 5.55. The van der Waals surface area contributed by atoms with E-state index < -0.39 is 0 Å². The Labute approximate surface area is 119 Å². The van der Waals surface area contributed by atoms with Crippen molar-refractivity contribution in [2.45, 2.75) is 44.7 Å². The Morgan fingerprint density at radius 2 is 2.25 bits per heavy atom. The van der Waals surface area contributed by atoms with Gasteiger partial charge in [-0.2, -0.15) is 0 Å². The fourth-order valence-corrected chi connectivity index (χ4v) is 3.08. The van der Waals surface area contributed by atoms with Gasteiger partial charge in [0.25, 0.3) is 0 Å². The molecule has 1 unspecified atom stereocenters. The molecule has 1 saturated heterocycles. The van der Waals surface area contributed by atoms with E-state index in [1.165, 1.54) is 25.7 Å². The molecular formula is C15H22N4O. The Kier molecular flexibility index (Phi) is 4.28. The van der Waals surface area contributed by atoms with Gasteiger partial charge in [-0.3, -0.25) is 9.30 Å². The van der Waals surface area contributed by atoms with Gasteiger partial charge in [-0.1, -0.05) is 12.8 Å². The predicted molar refractivity (Wildman–Crippen MR) is 77.4 cm³/mol. The van der Waals surface area contributed by atoms with E-state index in [-0.39, 0.29) is 6.61 Å². The monoisotopic (exact) mass is 274 g/mol. The van der Waals surface area contributed by atoms with Gasteiger partial charge < -0.3 is 5.11 Å². The number of rotatable bonds is 4. The maximum absolute atomic E-state index is 9.25. The van der Waals surface area contributed by atoms with Gasteiger partial charge in [0.15, 0.2) is 0 Å². The number of likely N-dealkylation sites (tertiary alicyclic amines) is 1. The predicted octanol–water partition coefficient (Wildman–Crippen LogP) is 1.86. The first-order chi connectivity index (χ1) is 9.86. The van der Waals surface area contributed by atoms with Crippen LogP contribution in [-0.2, 0) is 6.54 Å². The van der Waals surface area contributed by atoms with Crippen LogP contribution in [0.2, 0.25) is 0 Å². The summed E-state index contributed by atoms with van der Waals surface area (Å²) in [4.78, 5) is 11.3. The summed E-state index contributed by atoms with van der Waals surface area (Å²) in [7, 11) is 0. The highest BCUT2D eigenvalue weighted by Gasteiger charge is 2.21. The summed E-state index contributed by atoms with van der Waals surface area (Å²) in [5.74, 6) is 0.760. The fourth-order valence-electron chi connectivity index (χ4n) is 3.08. The van der Waals surface area contributed by atoms with Crippen LogP contribution >= 0.6 is 0 Å².